The molecule has 4 rings (SSSR count). The average Bonchev–Trinajstić information content (AvgIpc) is 3.25. The summed E-state index contributed by atoms with van der Waals surface area (Å²) in [6.45, 7) is 0.959. The van der Waals surface area contributed by atoms with E-state index in [1.807, 2.05) is 30.3 Å². The summed E-state index contributed by atoms with van der Waals surface area (Å²) in [4.78, 5) is 34.1. The Balaban J connectivity index is 1.46. The molecule has 1 aromatic heterocycles. The molecule has 3 aromatic rings. The molecule has 7 nitrogen and oxygen atoms in total. The van der Waals surface area contributed by atoms with E-state index in [1.54, 1.807) is 4.90 Å². The van der Waals surface area contributed by atoms with Crippen molar-refractivity contribution in [3.05, 3.63) is 71.9 Å². The first-order valence-electron chi connectivity index (χ1n) is 10.1. The number of nitrogens with one attached hydrogen (secondary N) is 1. The van der Waals surface area contributed by atoms with Crippen LogP contribution in [-0.2, 0) is 4.79 Å². The predicted octanol–water partition coefficient (Wildman–Crippen LogP) is 3.10. The van der Waals surface area contributed by atoms with Gasteiger partial charge >= 0.3 is 0 Å². The van der Waals surface area contributed by atoms with Crippen LogP contribution in [0.1, 0.15) is 35.1 Å². The van der Waals surface area contributed by atoms with E-state index in [-0.39, 0.29) is 29.9 Å². The lowest BCUT2D eigenvalue weighted by Crippen LogP contribution is -2.41. The van der Waals surface area contributed by atoms with Crippen molar-refractivity contribution in [1.82, 2.24) is 14.9 Å². The number of amides is 2. The molecule has 0 spiro atoms. The fourth-order valence-corrected chi connectivity index (χ4v) is 3.76. The molecule has 0 bridgehead atoms. The first-order valence-corrected chi connectivity index (χ1v) is 10.1. The molecule has 2 aromatic carbocycles. The molecule has 0 aliphatic carbocycles. The third kappa shape index (κ3) is 4.74. The Morgan fingerprint density at radius 1 is 1.16 bits per heavy atom. The van der Waals surface area contributed by atoms with Gasteiger partial charge in [-0.2, -0.15) is 0 Å². The molecule has 8 heteroatoms. The van der Waals surface area contributed by atoms with Crippen LogP contribution in [-0.4, -0.2) is 46.4 Å². The number of aromatic amines is 1. The third-order valence-corrected chi connectivity index (χ3v) is 5.35. The SMILES string of the molecule is NC(=O)c1[nH]c([C@H]2CCCN(C(=O)COc3ccc(F)cc3)C2)nc1-c1ccccc1. The molecular weight excluding hydrogens is 399 g/mol. The highest BCUT2D eigenvalue weighted by Gasteiger charge is 2.28. The Morgan fingerprint density at radius 2 is 1.90 bits per heavy atom. The molecule has 160 valence electrons. The minimum Gasteiger partial charge on any atom is -0.484 e. The summed E-state index contributed by atoms with van der Waals surface area (Å²) in [6.07, 6.45) is 1.64. The zero-order valence-electron chi connectivity index (χ0n) is 16.9. The van der Waals surface area contributed by atoms with Gasteiger partial charge in [0.2, 0.25) is 0 Å². The number of piperidine rings is 1. The molecule has 0 saturated carbocycles. The molecule has 1 aliphatic heterocycles. The Kier molecular flexibility index (Phi) is 5.97. The van der Waals surface area contributed by atoms with Gasteiger partial charge in [0.1, 0.15) is 28.8 Å². The van der Waals surface area contributed by atoms with E-state index in [0.717, 1.165) is 18.4 Å². The quantitative estimate of drug-likeness (QED) is 0.637. The topological polar surface area (TPSA) is 101 Å². The van der Waals surface area contributed by atoms with Gasteiger partial charge in [0.15, 0.2) is 6.61 Å². The van der Waals surface area contributed by atoms with Crippen molar-refractivity contribution in [3.63, 3.8) is 0 Å². The van der Waals surface area contributed by atoms with Crippen LogP contribution in [0.25, 0.3) is 11.3 Å². The number of aromatic nitrogens is 2. The highest BCUT2D eigenvalue weighted by molar-refractivity contribution is 5.97. The number of imidazole rings is 1. The summed E-state index contributed by atoms with van der Waals surface area (Å²) in [5.41, 5.74) is 7.15. The molecule has 0 unspecified atom stereocenters. The number of nitrogens with zero attached hydrogens (tertiary/aromatic N) is 2. The number of halogens is 1. The zero-order valence-corrected chi connectivity index (χ0v) is 16.9. The largest absolute Gasteiger partial charge is 0.484 e. The van der Waals surface area contributed by atoms with Crippen LogP contribution in [0.4, 0.5) is 4.39 Å². The lowest BCUT2D eigenvalue weighted by molar-refractivity contribution is -0.134. The summed E-state index contributed by atoms with van der Waals surface area (Å²) < 4.78 is 18.5. The van der Waals surface area contributed by atoms with Crippen molar-refractivity contribution >= 4 is 11.8 Å². The maximum Gasteiger partial charge on any atom is 0.267 e. The number of carbonyl (C=O) groups excluding carboxylic acids is 2. The van der Waals surface area contributed by atoms with E-state index < -0.39 is 5.91 Å². The van der Waals surface area contributed by atoms with E-state index in [0.29, 0.717) is 30.4 Å². The first kappa shape index (κ1) is 20.6. The fraction of sp³-hybridized carbons (Fsp3) is 0.261. The second-order valence-corrected chi connectivity index (χ2v) is 7.50. The molecule has 3 N–H and O–H groups in total. The van der Waals surface area contributed by atoms with Crippen molar-refractivity contribution in [3.8, 4) is 17.0 Å². The van der Waals surface area contributed by atoms with E-state index in [1.165, 1.54) is 24.3 Å². The van der Waals surface area contributed by atoms with Crippen LogP contribution in [0.15, 0.2) is 54.6 Å². The highest BCUT2D eigenvalue weighted by atomic mass is 19.1. The molecular formula is C23H23FN4O3. The number of hydrogen-bond acceptors (Lipinski definition) is 4. The summed E-state index contributed by atoms with van der Waals surface area (Å²) in [5.74, 6) is -0.0501. The Hall–Kier alpha value is -3.68. The number of rotatable bonds is 6. The van der Waals surface area contributed by atoms with Gasteiger partial charge in [0.25, 0.3) is 11.8 Å². The van der Waals surface area contributed by atoms with E-state index in [9.17, 15) is 14.0 Å². The van der Waals surface area contributed by atoms with Crippen LogP contribution in [0.2, 0.25) is 0 Å². The number of likely N-dealkylation sites (tertiary alicyclic amines) is 1. The standard InChI is InChI=1S/C23H23FN4O3/c24-17-8-10-18(11-9-17)31-14-19(29)28-12-4-7-16(13-28)23-26-20(21(27-23)22(25)30)15-5-2-1-3-6-15/h1-3,5-6,8-11,16H,4,7,12-14H2,(H2,25,30)(H,26,27)/t16-/m0/s1. The van der Waals surface area contributed by atoms with Gasteiger partial charge < -0.3 is 20.4 Å². The van der Waals surface area contributed by atoms with Crippen molar-refractivity contribution in [2.45, 2.75) is 18.8 Å². The summed E-state index contributed by atoms with van der Waals surface area (Å²) in [5, 5.41) is 0. The van der Waals surface area contributed by atoms with Crippen LogP contribution in [0, 0.1) is 5.82 Å². The van der Waals surface area contributed by atoms with Gasteiger partial charge in [0.05, 0.1) is 0 Å². The molecule has 1 fully saturated rings. The number of hydrogen-bond donors (Lipinski definition) is 2. The van der Waals surface area contributed by atoms with Crippen molar-refractivity contribution < 1.29 is 18.7 Å². The first-order chi connectivity index (χ1) is 15.0. The molecule has 1 aliphatic rings. The van der Waals surface area contributed by atoms with Gasteiger partial charge in [-0.25, -0.2) is 9.37 Å². The molecule has 31 heavy (non-hydrogen) atoms. The second kappa shape index (κ2) is 8.99. The molecule has 1 saturated heterocycles. The van der Waals surface area contributed by atoms with Crippen molar-refractivity contribution in [1.29, 1.82) is 0 Å². The van der Waals surface area contributed by atoms with Crippen LogP contribution < -0.4 is 10.5 Å². The summed E-state index contributed by atoms with van der Waals surface area (Å²) in [7, 11) is 0. The fourth-order valence-electron chi connectivity index (χ4n) is 3.76. The lowest BCUT2D eigenvalue weighted by Gasteiger charge is -2.31. The maximum absolute atomic E-state index is 13.0. The van der Waals surface area contributed by atoms with Gasteiger partial charge in [-0.3, -0.25) is 9.59 Å². The number of carbonyl (C=O) groups is 2. The predicted molar refractivity (Wildman–Crippen MR) is 113 cm³/mol. The van der Waals surface area contributed by atoms with Crippen LogP contribution >= 0.6 is 0 Å². The maximum atomic E-state index is 13.0. The number of benzene rings is 2. The van der Waals surface area contributed by atoms with E-state index >= 15 is 0 Å². The van der Waals surface area contributed by atoms with Crippen LogP contribution in [0.5, 0.6) is 5.75 Å². The average molecular weight is 422 g/mol. The van der Waals surface area contributed by atoms with E-state index in [2.05, 4.69) is 9.97 Å². The second-order valence-electron chi connectivity index (χ2n) is 7.50. The Labute approximate surface area is 179 Å². The Bertz CT molecular complexity index is 1070. The molecule has 1 atom stereocenters. The normalized spacial score (nSPS) is 16.2. The van der Waals surface area contributed by atoms with Gasteiger partial charge in [-0.1, -0.05) is 30.3 Å². The van der Waals surface area contributed by atoms with Gasteiger partial charge in [-0.15, -0.1) is 0 Å². The van der Waals surface area contributed by atoms with Crippen LogP contribution in [0.3, 0.4) is 0 Å². The van der Waals surface area contributed by atoms with Crippen molar-refractivity contribution in [2.75, 3.05) is 19.7 Å². The lowest BCUT2D eigenvalue weighted by atomic mass is 9.97. The van der Waals surface area contributed by atoms with Gasteiger partial charge in [0, 0.05) is 24.6 Å². The number of primary amides is 1. The third-order valence-electron chi connectivity index (χ3n) is 5.35. The van der Waals surface area contributed by atoms with Crippen molar-refractivity contribution in [2.24, 2.45) is 5.73 Å². The zero-order chi connectivity index (χ0) is 21.8. The minimum atomic E-state index is -0.575. The number of nitrogens with two attached hydrogens (primary N) is 1. The summed E-state index contributed by atoms with van der Waals surface area (Å²) >= 11 is 0. The minimum absolute atomic E-state index is 0.0425. The summed E-state index contributed by atoms with van der Waals surface area (Å²) in [6, 6.07) is 14.9. The monoisotopic (exact) mass is 422 g/mol. The molecule has 2 amide bonds. The highest BCUT2D eigenvalue weighted by Crippen LogP contribution is 2.29. The molecule has 2 heterocycles. The smallest absolute Gasteiger partial charge is 0.267 e. The van der Waals surface area contributed by atoms with E-state index in [4.69, 9.17) is 10.5 Å². The van der Waals surface area contributed by atoms with Gasteiger partial charge in [-0.05, 0) is 37.1 Å². The number of H-pyrrole nitrogens is 1. The molecule has 0 radical (unpaired) electrons. The Morgan fingerprint density at radius 3 is 2.61 bits per heavy atom. The number of ether oxygens (including phenoxy) is 1.